The van der Waals surface area contributed by atoms with E-state index in [0.29, 0.717) is 0 Å². The summed E-state index contributed by atoms with van der Waals surface area (Å²) >= 11 is 0. The van der Waals surface area contributed by atoms with Gasteiger partial charge in [-0.05, 0) is 25.7 Å². The molecule has 0 heterocycles. The van der Waals surface area contributed by atoms with Crippen molar-refractivity contribution in [1.82, 2.24) is 0 Å². The molecule has 20 heavy (non-hydrogen) atoms. The SMILES string of the molecule is CCCC[N+](CCCC)(CCCC)CCCC.[Fe+2].[N-]=O. The summed E-state index contributed by atoms with van der Waals surface area (Å²) in [7, 11) is 0. The van der Waals surface area contributed by atoms with Crippen molar-refractivity contribution >= 4 is 0 Å². The van der Waals surface area contributed by atoms with Gasteiger partial charge in [-0.25, -0.2) is 0 Å². The van der Waals surface area contributed by atoms with Crippen LogP contribution in [0.3, 0.4) is 0 Å². The molecule has 0 aliphatic carbocycles. The predicted octanol–water partition coefficient (Wildman–Crippen LogP) is 5.32. The summed E-state index contributed by atoms with van der Waals surface area (Å²) in [6, 6.07) is 0. The maximum absolute atomic E-state index is 7.25. The molecule has 0 aromatic carbocycles. The standard InChI is InChI=1S/C16H36N.Fe.NO/c1-5-9-13-17(14-10-6-2,15-11-7-3)16-12-8-4;;1-2/h5-16H2,1-4H3;;/q+1;+2;-1. The van der Waals surface area contributed by atoms with Crippen molar-refractivity contribution in [2.75, 3.05) is 26.2 Å². The molecule has 3 nitrogen and oxygen atoms in total. The summed E-state index contributed by atoms with van der Waals surface area (Å²) in [4.78, 5) is 7.25. The van der Waals surface area contributed by atoms with Crippen molar-refractivity contribution in [2.24, 2.45) is 0 Å². The molecule has 0 fully saturated rings. The van der Waals surface area contributed by atoms with E-state index in [4.69, 9.17) is 10.5 Å². The Bertz CT molecular complexity index is 142. The summed E-state index contributed by atoms with van der Waals surface area (Å²) in [6.07, 6.45) is 11.1. The fourth-order valence-corrected chi connectivity index (χ4v) is 2.64. The number of quaternary nitrogens is 1. The van der Waals surface area contributed by atoms with Gasteiger partial charge in [0, 0.05) is 0 Å². The zero-order chi connectivity index (χ0) is 15.0. The average Bonchev–Trinajstić information content (AvgIpc) is 2.48. The molecule has 0 saturated carbocycles. The Morgan fingerprint density at radius 3 is 0.950 bits per heavy atom. The third-order valence-corrected chi connectivity index (χ3v) is 3.94. The Labute approximate surface area is 137 Å². The number of hydrogen-bond donors (Lipinski definition) is 0. The van der Waals surface area contributed by atoms with Crippen molar-refractivity contribution < 1.29 is 21.6 Å². The zero-order valence-corrected chi connectivity index (χ0v) is 15.2. The number of nitrogens with zero attached hydrogens (tertiary/aromatic N) is 2. The first kappa shape index (κ1) is 25.1. The molecule has 0 aromatic heterocycles. The quantitative estimate of drug-likeness (QED) is 0.353. The van der Waals surface area contributed by atoms with E-state index in [-0.39, 0.29) is 17.1 Å². The molecule has 0 bridgehead atoms. The van der Waals surface area contributed by atoms with Gasteiger partial charge in [-0.3, -0.25) is 0 Å². The first-order chi connectivity index (χ1) is 9.24. The van der Waals surface area contributed by atoms with Crippen LogP contribution in [0.2, 0.25) is 0 Å². The summed E-state index contributed by atoms with van der Waals surface area (Å²) in [5.74, 6) is 0. The molecule has 0 aliphatic rings. The van der Waals surface area contributed by atoms with Gasteiger partial charge < -0.3 is 15.0 Å². The number of unbranched alkanes of at least 4 members (excludes halogenated alkanes) is 4. The van der Waals surface area contributed by atoms with Gasteiger partial charge in [0.1, 0.15) is 0 Å². The predicted molar refractivity (Wildman–Crippen MR) is 86.1 cm³/mol. The van der Waals surface area contributed by atoms with Crippen molar-refractivity contribution in [3.05, 3.63) is 10.5 Å². The molecule has 0 saturated heterocycles. The van der Waals surface area contributed by atoms with Crippen LogP contribution in [-0.2, 0) is 17.1 Å². The molecule has 0 atom stereocenters. The van der Waals surface area contributed by atoms with Gasteiger partial charge in [-0.15, -0.1) is 0 Å². The van der Waals surface area contributed by atoms with E-state index in [9.17, 15) is 0 Å². The molecule has 0 unspecified atom stereocenters. The molecule has 0 N–H and O–H groups in total. The van der Waals surface area contributed by atoms with Crippen LogP contribution in [0.25, 0.3) is 5.59 Å². The number of nitroso groups, excluding NO2 is 1. The van der Waals surface area contributed by atoms with Crippen molar-refractivity contribution in [1.29, 1.82) is 0 Å². The van der Waals surface area contributed by atoms with Gasteiger partial charge >= 0.3 is 17.1 Å². The molecule has 4 heteroatoms. The molecular weight excluding hydrogens is 292 g/mol. The van der Waals surface area contributed by atoms with E-state index < -0.39 is 0 Å². The minimum absolute atomic E-state index is 0. The molecule has 0 amide bonds. The van der Waals surface area contributed by atoms with Crippen LogP contribution >= 0.6 is 0 Å². The van der Waals surface area contributed by atoms with Crippen LogP contribution in [0.5, 0.6) is 0 Å². The second kappa shape index (κ2) is 19.1. The molecule has 0 spiro atoms. The average molecular weight is 328 g/mol. The fourth-order valence-electron chi connectivity index (χ4n) is 2.64. The van der Waals surface area contributed by atoms with E-state index in [1.165, 1.54) is 82.0 Å². The minimum atomic E-state index is 0. The largest absolute Gasteiger partial charge is 2.00 e. The molecular formula is C16H36FeN2O+2. The van der Waals surface area contributed by atoms with Crippen molar-refractivity contribution in [3.63, 3.8) is 0 Å². The molecule has 0 aliphatic heterocycles. The molecule has 0 rings (SSSR count). The monoisotopic (exact) mass is 328 g/mol. The summed E-state index contributed by atoms with van der Waals surface area (Å²) in [6.45, 7) is 15.0. The van der Waals surface area contributed by atoms with Crippen LogP contribution in [-0.4, -0.2) is 30.7 Å². The zero-order valence-electron chi connectivity index (χ0n) is 14.1. The Morgan fingerprint density at radius 1 is 0.600 bits per heavy atom. The Hall–Kier alpha value is 0.0795. The topological polar surface area (TPSA) is 39.4 Å². The molecule has 0 radical (unpaired) electrons. The van der Waals surface area contributed by atoms with E-state index >= 15 is 0 Å². The van der Waals surface area contributed by atoms with Gasteiger partial charge in [0.25, 0.3) is 0 Å². The number of rotatable bonds is 12. The van der Waals surface area contributed by atoms with Gasteiger partial charge in [0.2, 0.25) is 0 Å². The third kappa shape index (κ3) is 13.1. The smallest absolute Gasteiger partial charge is 0.577 e. The van der Waals surface area contributed by atoms with Crippen LogP contribution < -0.4 is 0 Å². The van der Waals surface area contributed by atoms with Gasteiger partial charge in [0.05, 0.1) is 26.2 Å². The Kier molecular flexibility index (Phi) is 23.9. The normalized spacial score (nSPS) is 10.4. The maximum atomic E-state index is 7.25. The van der Waals surface area contributed by atoms with Crippen molar-refractivity contribution in [2.45, 2.75) is 79.1 Å². The second-order valence-corrected chi connectivity index (χ2v) is 5.65. The van der Waals surface area contributed by atoms with E-state index in [1.807, 2.05) is 0 Å². The van der Waals surface area contributed by atoms with Crippen LogP contribution in [0, 0.1) is 4.91 Å². The van der Waals surface area contributed by atoms with Gasteiger partial charge in [-0.1, -0.05) is 53.4 Å². The summed E-state index contributed by atoms with van der Waals surface area (Å²) in [5.41, 5.74) is 5.75. The van der Waals surface area contributed by atoms with Crippen LogP contribution in [0.4, 0.5) is 0 Å². The summed E-state index contributed by atoms with van der Waals surface area (Å²) in [5, 5.41) is 0. The first-order valence-corrected chi connectivity index (χ1v) is 8.28. The van der Waals surface area contributed by atoms with Gasteiger partial charge in [0.15, 0.2) is 0 Å². The van der Waals surface area contributed by atoms with E-state index in [2.05, 4.69) is 27.7 Å². The first-order valence-electron chi connectivity index (χ1n) is 8.28. The number of hydrogen-bond acceptors (Lipinski definition) is 1. The Morgan fingerprint density at radius 2 is 0.800 bits per heavy atom. The molecule has 122 valence electrons. The van der Waals surface area contributed by atoms with Crippen LogP contribution in [0.15, 0.2) is 0 Å². The maximum Gasteiger partial charge on any atom is 2.00 e. The third-order valence-electron chi connectivity index (χ3n) is 3.94. The Balaban J connectivity index is -0.000000916. The minimum Gasteiger partial charge on any atom is -0.577 e. The van der Waals surface area contributed by atoms with Crippen molar-refractivity contribution in [3.8, 4) is 0 Å². The summed E-state index contributed by atoms with van der Waals surface area (Å²) < 4.78 is 1.42. The molecule has 0 aromatic rings. The van der Waals surface area contributed by atoms with E-state index in [0.717, 1.165) is 0 Å². The fraction of sp³-hybridized carbons (Fsp3) is 1.00. The second-order valence-electron chi connectivity index (χ2n) is 5.65. The van der Waals surface area contributed by atoms with E-state index in [1.54, 1.807) is 0 Å². The van der Waals surface area contributed by atoms with Crippen LogP contribution in [0.1, 0.15) is 79.1 Å². The van der Waals surface area contributed by atoms with Gasteiger partial charge in [-0.2, -0.15) is 0 Å².